The predicted molar refractivity (Wildman–Crippen MR) is 84.3 cm³/mol. The SMILES string of the molecule is CC(NCc1ccc(Cl)c(Cl)c1)c1ccc2c(c1)OCO2. The Labute approximate surface area is 133 Å². The number of ether oxygens (including phenoxy) is 2. The molecule has 3 nitrogen and oxygen atoms in total. The third-order valence-electron chi connectivity index (χ3n) is 3.49. The minimum Gasteiger partial charge on any atom is -0.454 e. The average Bonchev–Trinajstić information content (AvgIpc) is 2.95. The van der Waals surface area contributed by atoms with Gasteiger partial charge in [0, 0.05) is 12.6 Å². The Balaban J connectivity index is 1.66. The summed E-state index contributed by atoms with van der Waals surface area (Å²) in [4.78, 5) is 0. The zero-order valence-electron chi connectivity index (χ0n) is 11.5. The molecule has 1 N–H and O–H groups in total. The van der Waals surface area contributed by atoms with Crippen molar-refractivity contribution in [3.8, 4) is 11.5 Å². The van der Waals surface area contributed by atoms with Crippen LogP contribution >= 0.6 is 23.2 Å². The zero-order chi connectivity index (χ0) is 14.8. The van der Waals surface area contributed by atoms with Crippen LogP contribution in [0.5, 0.6) is 11.5 Å². The highest BCUT2D eigenvalue weighted by Crippen LogP contribution is 2.34. The van der Waals surface area contributed by atoms with Gasteiger partial charge < -0.3 is 14.8 Å². The molecule has 0 radical (unpaired) electrons. The van der Waals surface area contributed by atoms with E-state index in [1.54, 1.807) is 0 Å². The summed E-state index contributed by atoms with van der Waals surface area (Å²) in [5.74, 6) is 1.60. The summed E-state index contributed by atoms with van der Waals surface area (Å²) >= 11 is 11.9. The van der Waals surface area contributed by atoms with Gasteiger partial charge in [0.05, 0.1) is 10.0 Å². The van der Waals surface area contributed by atoms with Crippen molar-refractivity contribution in [1.29, 1.82) is 0 Å². The second-order valence-electron chi connectivity index (χ2n) is 4.96. The fraction of sp³-hybridized carbons (Fsp3) is 0.250. The lowest BCUT2D eigenvalue weighted by Crippen LogP contribution is -2.18. The Morgan fingerprint density at radius 2 is 1.86 bits per heavy atom. The van der Waals surface area contributed by atoms with Crippen LogP contribution in [0.3, 0.4) is 0 Å². The number of benzene rings is 2. The maximum absolute atomic E-state index is 6.02. The van der Waals surface area contributed by atoms with Crippen LogP contribution in [0.4, 0.5) is 0 Å². The van der Waals surface area contributed by atoms with Crippen LogP contribution in [0.15, 0.2) is 36.4 Å². The van der Waals surface area contributed by atoms with Crippen LogP contribution in [0, 0.1) is 0 Å². The van der Waals surface area contributed by atoms with E-state index in [4.69, 9.17) is 32.7 Å². The van der Waals surface area contributed by atoms with Crippen LogP contribution < -0.4 is 14.8 Å². The normalized spacial score (nSPS) is 14.2. The third-order valence-corrected chi connectivity index (χ3v) is 4.23. The number of hydrogen-bond donors (Lipinski definition) is 1. The smallest absolute Gasteiger partial charge is 0.231 e. The summed E-state index contributed by atoms with van der Waals surface area (Å²) in [7, 11) is 0. The molecule has 21 heavy (non-hydrogen) atoms. The highest BCUT2D eigenvalue weighted by atomic mass is 35.5. The summed E-state index contributed by atoms with van der Waals surface area (Å²) in [6.45, 7) is 3.12. The van der Waals surface area contributed by atoms with E-state index in [2.05, 4.69) is 12.2 Å². The van der Waals surface area contributed by atoms with Gasteiger partial charge in [-0.25, -0.2) is 0 Å². The maximum atomic E-state index is 6.02. The Morgan fingerprint density at radius 3 is 2.67 bits per heavy atom. The molecule has 0 aliphatic carbocycles. The largest absolute Gasteiger partial charge is 0.454 e. The second-order valence-corrected chi connectivity index (χ2v) is 5.78. The Hall–Kier alpha value is -1.42. The first kappa shape index (κ1) is 14.5. The molecule has 1 unspecified atom stereocenters. The Kier molecular flexibility index (Phi) is 4.24. The molecule has 0 bridgehead atoms. The van der Waals surface area contributed by atoms with E-state index in [1.165, 1.54) is 0 Å². The second kappa shape index (κ2) is 6.14. The van der Waals surface area contributed by atoms with Crippen molar-refractivity contribution >= 4 is 23.2 Å². The minimum atomic E-state index is 0.189. The van der Waals surface area contributed by atoms with Crippen molar-refractivity contribution in [3.63, 3.8) is 0 Å². The third kappa shape index (κ3) is 3.26. The van der Waals surface area contributed by atoms with E-state index in [-0.39, 0.29) is 6.04 Å². The van der Waals surface area contributed by atoms with Crippen molar-refractivity contribution in [1.82, 2.24) is 5.32 Å². The molecule has 1 atom stereocenters. The lowest BCUT2D eigenvalue weighted by atomic mass is 10.1. The molecule has 2 aromatic carbocycles. The van der Waals surface area contributed by atoms with Crippen molar-refractivity contribution in [3.05, 3.63) is 57.6 Å². The molecule has 1 aliphatic heterocycles. The Morgan fingerprint density at radius 1 is 1.05 bits per heavy atom. The molecule has 2 aromatic rings. The monoisotopic (exact) mass is 323 g/mol. The van der Waals surface area contributed by atoms with Crippen LogP contribution in [-0.4, -0.2) is 6.79 Å². The van der Waals surface area contributed by atoms with Crippen LogP contribution in [0.25, 0.3) is 0 Å². The molecule has 5 heteroatoms. The first-order valence-corrected chi connectivity index (χ1v) is 7.46. The minimum absolute atomic E-state index is 0.189. The average molecular weight is 324 g/mol. The van der Waals surface area contributed by atoms with Gasteiger partial charge in [-0.2, -0.15) is 0 Å². The topological polar surface area (TPSA) is 30.5 Å². The molecule has 0 saturated carbocycles. The molecule has 0 saturated heterocycles. The van der Waals surface area contributed by atoms with Gasteiger partial charge in [-0.15, -0.1) is 0 Å². The van der Waals surface area contributed by atoms with Crippen molar-refractivity contribution in [2.75, 3.05) is 6.79 Å². The number of hydrogen-bond acceptors (Lipinski definition) is 3. The van der Waals surface area contributed by atoms with Gasteiger partial charge in [0.15, 0.2) is 11.5 Å². The van der Waals surface area contributed by atoms with E-state index >= 15 is 0 Å². The van der Waals surface area contributed by atoms with Gasteiger partial charge in [-0.05, 0) is 42.3 Å². The number of nitrogens with one attached hydrogen (secondary N) is 1. The van der Waals surface area contributed by atoms with Gasteiger partial charge >= 0.3 is 0 Å². The van der Waals surface area contributed by atoms with Gasteiger partial charge in [-0.3, -0.25) is 0 Å². The summed E-state index contributed by atoms with van der Waals surface area (Å²) in [5.41, 5.74) is 2.25. The summed E-state index contributed by atoms with van der Waals surface area (Å²) < 4.78 is 10.7. The number of halogens is 2. The number of rotatable bonds is 4. The van der Waals surface area contributed by atoms with Gasteiger partial charge in [0.1, 0.15) is 0 Å². The molecule has 0 aromatic heterocycles. The zero-order valence-corrected chi connectivity index (χ0v) is 13.0. The molecule has 3 rings (SSSR count). The van der Waals surface area contributed by atoms with E-state index in [1.807, 2.05) is 36.4 Å². The lowest BCUT2D eigenvalue weighted by molar-refractivity contribution is 0.174. The molecular weight excluding hydrogens is 309 g/mol. The fourth-order valence-corrected chi connectivity index (χ4v) is 2.54. The van der Waals surface area contributed by atoms with Gasteiger partial charge in [0.25, 0.3) is 0 Å². The first-order valence-electron chi connectivity index (χ1n) is 6.70. The summed E-state index contributed by atoms with van der Waals surface area (Å²) in [6, 6.07) is 11.8. The molecule has 0 spiro atoms. The first-order chi connectivity index (χ1) is 10.1. The maximum Gasteiger partial charge on any atom is 0.231 e. The molecule has 1 aliphatic rings. The quantitative estimate of drug-likeness (QED) is 0.893. The summed E-state index contributed by atoms with van der Waals surface area (Å²) in [5, 5.41) is 4.60. The standard InChI is InChI=1S/C16H15Cl2NO2/c1-10(12-3-5-15-16(7-12)21-9-20-15)19-8-11-2-4-13(17)14(18)6-11/h2-7,10,19H,8-9H2,1H3. The van der Waals surface area contributed by atoms with Gasteiger partial charge in [0.2, 0.25) is 6.79 Å². The molecular formula is C16H15Cl2NO2. The van der Waals surface area contributed by atoms with Crippen molar-refractivity contribution in [2.24, 2.45) is 0 Å². The predicted octanol–water partition coefficient (Wildman–Crippen LogP) is 4.57. The lowest BCUT2D eigenvalue weighted by Gasteiger charge is -2.15. The van der Waals surface area contributed by atoms with E-state index in [0.717, 1.165) is 22.6 Å². The van der Waals surface area contributed by atoms with E-state index < -0.39 is 0 Å². The van der Waals surface area contributed by atoms with Crippen LogP contribution in [-0.2, 0) is 6.54 Å². The molecule has 0 fully saturated rings. The summed E-state index contributed by atoms with van der Waals surface area (Å²) in [6.07, 6.45) is 0. The highest BCUT2D eigenvalue weighted by Gasteiger charge is 2.15. The van der Waals surface area contributed by atoms with E-state index in [0.29, 0.717) is 23.4 Å². The van der Waals surface area contributed by atoms with Crippen molar-refractivity contribution in [2.45, 2.75) is 19.5 Å². The molecule has 0 amide bonds. The molecule has 110 valence electrons. The molecule has 1 heterocycles. The Bertz CT molecular complexity index is 661. The van der Waals surface area contributed by atoms with Crippen LogP contribution in [0.2, 0.25) is 10.0 Å². The number of fused-ring (bicyclic) bond motifs is 1. The van der Waals surface area contributed by atoms with Crippen LogP contribution in [0.1, 0.15) is 24.1 Å². The fourth-order valence-electron chi connectivity index (χ4n) is 2.22. The van der Waals surface area contributed by atoms with E-state index in [9.17, 15) is 0 Å². The van der Waals surface area contributed by atoms with Gasteiger partial charge in [-0.1, -0.05) is 35.3 Å². The van der Waals surface area contributed by atoms with Crippen molar-refractivity contribution < 1.29 is 9.47 Å². The highest BCUT2D eigenvalue weighted by molar-refractivity contribution is 6.42.